The van der Waals surface area contributed by atoms with E-state index in [9.17, 15) is 4.79 Å². The first-order valence-electron chi connectivity index (χ1n) is 6.47. The molecule has 1 N–H and O–H groups in total. The third kappa shape index (κ3) is 3.07. The first-order chi connectivity index (χ1) is 8.56. The van der Waals surface area contributed by atoms with Crippen molar-refractivity contribution in [3.8, 4) is 0 Å². The number of hydrogen-bond acceptors (Lipinski definition) is 3. The molecule has 0 bridgehead atoms. The number of likely N-dealkylation sites (tertiary alicyclic amines) is 1. The smallest absolute Gasteiger partial charge is 0.337 e. The van der Waals surface area contributed by atoms with Gasteiger partial charge in [-0.15, -0.1) is 0 Å². The minimum absolute atomic E-state index is 0.249. The maximum absolute atomic E-state index is 10.7. The van der Waals surface area contributed by atoms with Gasteiger partial charge in [-0.05, 0) is 36.9 Å². The largest absolute Gasteiger partial charge is 0.478 e. The highest BCUT2D eigenvalue weighted by atomic mass is 16.4. The monoisotopic (exact) mass is 248 g/mol. The van der Waals surface area contributed by atoms with Crippen LogP contribution in [0.25, 0.3) is 0 Å². The molecule has 0 amide bonds. The second kappa shape index (κ2) is 5.48. The van der Waals surface area contributed by atoms with Gasteiger partial charge in [0.1, 0.15) is 0 Å². The number of aromatic nitrogens is 1. The number of rotatable bonds is 3. The summed E-state index contributed by atoms with van der Waals surface area (Å²) in [6, 6.07) is 3.44. The van der Waals surface area contributed by atoms with Gasteiger partial charge in [-0.25, -0.2) is 4.79 Å². The Kier molecular flexibility index (Phi) is 3.97. The van der Waals surface area contributed by atoms with Crippen LogP contribution in [0, 0.1) is 11.8 Å². The predicted octanol–water partition coefficient (Wildman–Crippen LogP) is 2.26. The number of piperidine rings is 1. The van der Waals surface area contributed by atoms with Crippen LogP contribution in [-0.4, -0.2) is 34.0 Å². The molecule has 4 heteroatoms. The quantitative estimate of drug-likeness (QED) is 0.891. The molecule has 2 rings (SSSR count). The van der Waals surface area contributed by atoms with Gasteiger partial charge in [0, 0.05) is 19.3 Å². The maximum Gasteiger partial charge on any atom is 0.337 e. The number of hydrogen-bond donors (Lipinski definition) is 1. The second-order valence-electron chi connectivity index (χ2n) is 5.32. The molecule has 0 spiro atoms. The van der Waals surface area contributed by atoms with Crippen LogP contribution in [0.2, 0.25) is 0 Å². The fourth-order valence-corrected chi connectivity index (χ4v) is 2.37. The third-order valence-electron chi connectivity index (χ3n) is 3.88. The van der Waals surface area contributed by atoms with Crippen LogP contribution in [0.1, 0.15) is 36.3 Å². The van der Waals surface area contributed by atoms with Crippen molar-refractivity contribution in [3.63, 3.8) is 0 Å². The summed E-state index contributed by atoms with van der Waals surface area (Å²) < 4.78 is 0. The van der Waals surface area contributed by atoms with Crippen LogP contribution in [0.4, 0.5) is 0 Å². The van der Waals surface area contributed by atoms with Gasteiger partial charge in [0.25, 0.3) is 0 Å². The molecule has 0 aliphatic carbocycles. The Morgan fingerprint density at radius 2 is 2.22 bits per heavy atom. The molecule has 1 aromatic rings. The van der Waals surface area contributed by atoms with Crippen molar-refractivity contribution in [2.75, 3.05) is 13.1 Å². The van der Waals surface area contributed by atoms with Gasteiger partial charge >= 0.3 is 5.97 Å². The minimum Gasteiger partial charge on any atom is -0.478 e. The van der Waals surface area contributed by atoms with E-state index in [1.165, 1.54) is 12.6 Å². The Labute approximate surface area is 108 Å². The molecular weight excluding hydrogens is 228 g/mol. The Morgan fingerprint density at radius 1 is 1.44 bits per heavy atom. The van der Waals surface area contributed by atoms with Crippen molar-refractivity contribution in [3.05, 3.63) is 29.6 Å². The Morgan fingerprint density at radius 3 is 2.78 bits per heavy atom. The highest BCUT2D eigenvalue weighted by Crippen LogP contribution is 2.23. The average Bonchev–Trinajstić information content (AvgIpc) is 2.34. The van der Waals surface area contributed by atoms with Crippen LogP contribution < -0.4 is 0 Å². The van der Waals surface area contributed by atoms with Crippen LogP contribution in [0.3, 0.4) is 0 Å². The van der Waals surface area contributed by atoms with Crippen LogP contribution in [-0.2, 0) is 6.54 Å². The fourth-order valence-electron chi connectivity index (χ4n) is 2.37. The summed E-state index contributed by atoms with van der Waals surface area (Å²) in [4.78, 5) is 17.3. The van der Waals surface area contributed by atoms with Gasteiger partial charge in [-0.2, -0.15) is 0 Å². The fraction of sp³-hybridized carbons (Fsp3) is 0.571. The number of carboxylic acids is 1. The molecule has 2 atom stereocenters. The van der Waals surface area contributed by atoms with E-state index in [1.54, 1.807) is 6.07 Å². The van der Waals surface area contributed by atoms with Crippen molar-refractivity contribution < 1.29 is 9.90 Å². The second-order valence-corrected chi connectivity index (χ2v) is 5.32. The summed E-state index contributed by atoms with van der Waals surface area (Å²) in [5.41, 5.74) is 1.20. The van der Waals surface area contributed by atoms with Gasteiger partial charge in [-0.3, -0.25) is 9.88 Å². The van der Waals surface area contributed by atoms with Crippen LogP contribution in [0.15, 0.2) is 18.3 Å². The minimum atomic E-state index is -0.922. The van der Waals surface area contributed by atoms with Crippen molar-refractivity contribution in [2.45, 2.75) is 26.8 Å². The molecule has 1 saturated heterocycles. The molecule has 4 nitrogen and oxygen atoms in total. The van der Waals surface area contributed by atoms with E-state index >= 15 is 0 Å². The molecule has 18 heavy (non-hydrogen) atoms. The summed E-state index contributed by atoms with van der Waals surface area (Å²) in [5, 5.41) is 8.81. The van der Waals surface area contributed by atoms with E-state index in [-0.39, 0.29) is 5.56 Å². The van der Waals surface area contributed by atoms with Crippen LogP contribution >= 0.6 is 0 Å². The van der Waals surface area contributed by atoms with Crippen LogP contribution in [0.5, 0.6) is 0 Å². The zero-order chi connectivity index (χ0) is 13.1. The van der Waals surface area contributed by atoms with E-state index in [2.05, 4.69) is 23.7 Å². The van der Waals surface area contributed by atoms with Gasteiger partial charge in [0.2, 0.25) is 0 Å². The molecule has 1 aliphatic rings. The van der Waals surface area contributed by atoms with Gasteiger partial charge in [0.15, 0.2) is 0 Å². The number of pyridine rings is 1. The summed E-state index contributed by atoms with van der Waals surface area (Å²) in [6.07, 6.45) is 2.67. The van der Waals surface area contributed by atoms with Gasteiger partial charge in [0.05, 0.1) is 11.3 Å². The van der Waals surface area contributed by atoms with Crippen molar-refractivity contribution in [2.24, 2.45) is 11.8 Å². The zero-order valence-corrected chi connectivity index (χ0v) is 11.0. The summed E-state index contributed by atoms with van der Waals surface area (Å²) >= 11 is 0. The average molecular weight is 248 g/mol. The lowest BCUT2D eigenvalue weighted by Gasteiger charge is -2.35. The van der Waals surface area contributed by atoms with E-state index in [1.807, 2.05) is 6.07 Å². The zero-order valence-electron chi connectivity index (χ0n) is 11.0. The summed E-state index contributed by atoms with van der Waals surface area (Å²) in [5.74, 6) is 0.593. The molecule has 1 fully saturated rings. The number of nitrogens with zero attached hydrogens (tertiary/aromatic N) is 2. The first-order valence-corrected chi connectivity index (χ1v) is 6.47. The molecule has 2 unspecified atom stereocenters. The molecule has 0 radical (unpaired) electrons. The lowest BCUT2D eigenvalue weighted by atomic mass is 9.88. The normalized spacial score (nSPS) is 25.0. The Bertz CT molecular complexity index is 416. The van der Waals surface area contributed by atoms with E-state index in [0.29, 0.717) is 0 Å². The van der Waals surface area contributed by atoms with E-state index in [0.717, 1.165) is 37.2 Å². The molecule has 98 valence electrons. The third-order valence-corrected chi connectivity index (χ3v) is 3.88. The lowest BCUT2D eigenvalue weighted by molar-refractivity contribution is 0.0696. The van der Waals surface area contributed by atoms with E-state index in [4.69, 9.17) is 5.11 Å². The molecule has 0 saturated carbocycles. The number of carbonyl (C=O) groups is 1. The summed E-state index contributed by atoms with van der Waals surface area (Å²) in [7, 11) is 0. The van der Waals surface area contributed by atoms with E-state index < -0.39 is 5.97 Å². The van der Waals surface area contributed by atoms with Crippen molar-refractivity contribution >= 4 is 5.97 Å². The standard InChI is InChI=1S/C14H20N2O2/c1-10-5-6-16(8-11(10)2)9-13-4-3-12(7-15-13)14(17)18/h3-4,7,10-11H,5-6,8-9H2,1-2H3,(H,17,18). The number of carboxylic acid groups (broad SMARTS) is 1. The predicted molar refractivity (Wildman–Crippen MR) is 69.4 cm³/mol. The topological polar surface area (TPSA) is 53.4 Å². The molecule has 0 aromatic carbocycles. The molecule has 1 aliphatic heterocycles. The summed E-state index contributed by atoms with van der Waals surface area (Å²) in [6.45, 7) is 7.62. The SMILES string of the molecule is CC1CCN(Cc2ccc(C(=O)O)cn2)CC1C. The maximum atomic E-state index is 10.7. The van der Waals surface area contributed by atoms with Gasteiger partial charge in [-0.1, -0.05) is 13.8 Å². The highest BCUT2D eigenvalue weighted by molar-refractivity contribution is 5.87. The number of aromatic carboxylic acids is 1. The van der Waals surface area contributed by atoms with Crippen molar-refractivity contribution in [1.29, 1.82) is 0 Å². The highest BCUT2D eigenvalue weighted by Gasteiger charge is 2.22. The Balaban J connectivity index is 1.95. The van der Waals surface area contributed by atoms with Gasteiger partial charge < -0.3 is 5.11 Å². The molecular formula is C14H20N2O2. The molecule has 1 aromatic heterocycles. The first kappa shape index (κ1) is 13.0. The molecule has 2 heterocycles. The van der Waals surface area contributed by atoms with Crippen molar-refractivity contribution in [1.82, 2.24) is 9.88 Å². The Hall–Kier alpha value is -1.42. The lowest BCUT2D eigenvalue weighted by Crippen LogP contribution is -2.38.